The van der Waals surface area contributed by atoms with Crippen LogP contribution in [0.3, 0.4) is 0 Å². The normalized spacial score (nSPS) is 14.4. The molecule has 0 aliphatic heterocycles. The third kappa shape index (κ3) is 3.67. The van der Waals surface area contributed by atoms with Gasteiger partial charge in [-0.1, -0.05) is 35.0 Å². The second kappa shape index (κ2) is 5.31. The summed E-state index contributed by atoms with van der Waals surface area (Å²) >= 11 is 3.39. The van der Waals surface area contributed by atoms with E-state index in [0.29, 0.717) is 0 Å². The number of carbonyl (C=O) groups excluding carboxylic acids is 1. The summed E-state index contributed by atoms with van der Waals surface area (Å²) in [5, 5.41) is 0. The average molecular weight is 271 g/mol. The second-order valence-electron chi connectivity index (χ2n) is 3.65. The molecule has 3 heteroatoms. The number of rotatable bonds is 3. The number of benzene rings is 1. The zero-order valence-electron chi connectivity index (χ0n) is 9.16. The molecule has 0 unspecified atom stereocenters. The molecule has 0 spiro atoms. The van der Waals surface area contributed by atoms with Crippen molar-refractivity contribution in [1.82, 2.24) is 0 Å². The van der Waals surface area contributed by atoms with Crippen LogP contribution in [0.2, 0.25) is 0 Å². The SMILES string of the molecule is CC(=O)O[C@@H](C)[C@H](C)c1ccc(Br)cc1. The summed E-state index contributed by atoms with van der Waals surface area (Å²) in [6.07, 6.45) is -0.0938. The van der Waals surface area contributed by atoms with Crippen molar-refractivity contribution in [3.05, 3.63) is 34.3 Å². The third-order valence-electron chi connectivity index (χ3n) is 2.45. The number of ether oxygens (including phenoxy) is 1. The number of hydrogen-bond donors (Lipinski definition) is 0. The van der Waals surface area contributed by atoms with Gasteiger partial charge >= 0.3 is 5.97 Å². The van der Waals surface area contributed by atoms with Crippen LogP contribution in [0, 0.1) is 0 Å². The van der Waals surface area contributed by atoms with E-state index < -0.39 is 0 Å². The molecular weight excluding hydrogens is 256 g/mol. The molecule has 0 fully saturated rings. The molecule has 0 aliphatic rings. The molecule has 15 heavy (non-hydrogen) atoms. The smallest absolute Gasteiger partial charge is 0.302 e. The van der Waals surface area contributed by atoms with E-state index in [4.69, 9.17) is 4.74 Å². The van der Waals surface area contributed by atoms with Crippen LogP contribution in [-0.2, 0) is 9.53 Å². The molecule has 0 aliphatic carbocycles. The maximum atomic E-state index is 10.8. The van der Waals surface area contributed by atoms with Crippen molar-refractivity contribution in [2.45, 2.75) is 32.8 Å². The Balaban J connectivity index is 2.71. The standard InChI is InChI=1S/C12H15BrO2/c1-8(9(2)15-10(3)14)11-4-6-12(13)7-5-11/h4-9H,1-3H3/t8-,9-/m0/s1. The van der Waals surface area contributed by atoms with Gasteiger partial charge in [-0.05, 0) is 24.6 Å². The molecule has 2 nitrogen and oxygen atoms in total. The maximum absolute atomic E-state index is 10.8. The minimum absolute atomic E-state index is 0.0938. The first kappa shape index (κ1) is 12.2. The largest absolute Gasteiger partial charge is 0.462 e. The van der Waals surface area contributed by atoms with Crippen molar-refractivity contribution in [3.8, 4) is 0 Å². The van der Waals surface area contributed by atoms with E-state index >= 15 is 0 Å². The molecule has 0 saturated carbocycles. The highest BCUT2D eigenvalue weighted by Gasteiger charge is 2.16. The lowest BCUT2D eigenvalue weighted by atomic mass is 9.96. The number of hydrogen-bond acceptors (Lipinski definition) is 2. The van der Waals surface area contributed by atoms with Crippen LogP contribution in [0.25, 0.3) is 0 Å². The Labute approximate surface area is 98.8 Å². The Morgan fingerprint density at radius 1 is 1.27 bits per heavy atom. The van der Waals surface area contributed by atoms with E-state index in [9.17, 15) is 4.79 Å². The van der Waals surface area contributed by atoms with Crippen LogP contribution in [0.5, 0.6) is 0 Å². The Kier molecular flexibility index (Phi) is 4.33. The van der Waals surface area contributed by atoms with Crippen molar-refractivity contribution >= 4 is 21.9 Å². The number of halogens is 1. The van der Waals surface area contributed by atoms with Crippen molar-refractivity contribution in [2.75, 3.05) is 0 Å². The average Bonchev–Trinajstić information content (AvgIpc) is 2.17. The van der Waals surface area contributed by atoms with Gasteiger partial charge in [0, 0.05) is 17.3 Å². The maximum Gasteiger partial charge on any atom is 0.302 e. The van der Waals surface area contributed by atoms with Crippen LogP contribution >= 0.6 is 15.9 Å². The van der Waals surface area contributed by atoms with E-state index in [-0.39, 0.29) is 18.0 Å². The molecular formula is C12H15BrO2. The molecule has 0 N–H and O–H groups in total. The van der Waals surface area contributed by atoms with Crippen LogP contribution in [0.4, 0.5) is 0 Å². The molecule has 0 heterocycles. The van der Waals surface area contributed by atoms with Gasteiger partial charge in [-0.15, -0.1) is 0 Å². The third-order valence-corrected chi connectivity index (χ3v) is 2.98. The first-order chi connectivity index (χ1) is 7.00. The van der Waals surface area contributed by atoms with Crippen LogP contribution in [0.1, 0.15) is 32.3 Å². The summed E-state index contributed by atoms with van der Waals surface area (Å²) in [6.45, 7) is 5.40. The Hall–Kier alpha value is -0.830. The molecule has 2 atom stereocenters. The highest BCUT2D eigenvalue weighted by atomic mass is 79.9. The number of carbonyl (C=O) groups is 1. The van der Waals surface area contributed by atoms with Gasteiger partial charge in [0.15, 0.2) is 0 Å². The monoisotopic (exact) mass is 270 g/mol. The summed E-state index contributed by atoms with van der Waals surface area (Å²) in [5.41, 5.74) is 1.17. The zero-order chi connectivity index (χ0) is 11.4. The molecule has 1 aromatic carbocycles. The fraction of sp³-hybridized carbons (Fsp3) is 0.417. The fourth-order valence-corrected chi connectivity index (χ4v) is 1.67. The molecule has 0 saturated heterocycles. The van der Waals surface area contributed by atoms with Gasteiger partial charge in [0.05, 0.1) is 0 Å². The molecule has 0 bridgehead atoms. The molecule has 0 radical (unpaired) electrons. The summed E-state index contributed by atoms with van der Waals surface area (Å²) in [5.74, 6) is -0.0199. The Morgan fingerprint density at radius 3 is 2.27 bits per heavy atom. The van der Waals surface area contributed by atoms with Crippen molar-refractivity contribution in [3.63, 3.8) is 0 Å². The minimum Gasteiger partial charge on any atom is -0.462 e. The van der Waals surface area contributed by atoms with Gasteiger partial charge in [0.1, 0.15) is 6.10 Å². The molecule has 1 rings (SSSR count). The fourth-order valence-electron chi connectivity index (χ4n) is 1.40. The number of esters is 1. The van der Waals surface area contributed by atoms with Crippen LogP contribution in [-0.4, -0.2) is 12.1 Å². The Bertz CT molecular complexity index is 332. The highest BCUT2D eigenvalue weighted by molar-refractivity contribution is 9.10. The summed E-state index contributed by atoms with van der Waals surface area (Å²) in [4.78, 5) is 10.8. The topological polar surface area (TPSA) is 26.3 Å². The highest BCUT2D eigenvalue weighted by Crippen LogP contribution is 2.23. The molecule has 1 aromatic rings. The van der Waals surface area contributed by atoms with Crippen molar-refractivity contribution in [1.29, 1.82) is 0 Å². The summed E-state index contributed by atoms with van der Waals surface area (Å²) < 4.78 is 6.20. The van der Waals surface area contributed by atoms with Crippen LogP contribution in [0.15, 0.2) is 28.7 Å². The lowest BCUT2D eigenvalue weighted by molar-refractivity contribution is -0.146. The molecule has 82 valence electrons. The van der Waals surface area contributed by atoms with Gasteiger partial charge in [0.2, 0.25) is 0 Å². The lowest BCUT2D eigenvalue weighted by Crippen LogP contribution is -2.19. The van der Waals surface area contributed by atoms with E-state index in [1.165, 1.54) is 12.5 Å². The quantitative estimate of drug-likeness (QED) is 0.786. The summed E-state index contributed by atoms with van der Waals surface area (Å²) in [7, 11) is 0. The van der Waals surface area contributed by atoms with E-state index in [2.05, 4.69) is 22.9 Å². The van der Waals surface area contributed by atoms with Gasteiger partial charge in [0.25, 0.3) is 0 Å². The Morgan fingerprint density at radius 2 is 1.80 bits per heavy atom. The van der Waals surface area contributed by atoms with Crippen molar-refractivity contribution < 1.29 is 9.53 Å². The van der Waals surface area contributed by atoms with Gasteiger partial charge in [-0.25, -0.2) is 0 Å². The van der Waals surface area contributed by atoms with E-state index in [1.54, 1.807) is 0 Å². The summed E-state index contributed by atoms with van der Waals surface area (Å²) in [6, 6.07) is 8.06. The molecule has 0 aromatic heterocycles. The second-order valence-corrected chi connectivity index (χ2v) is 4.57. The van der Waals surface area contributed by atoms with E-state index in [0.717, 1.165) is 4.47 Å². The van der Waals surface area contributed by atoms with Gasteiger partial charge < -0.3 is 4.74 Å². The lowest BCUT2D eigenvalue weighted by Gasteiger charge is -2.20. The van der Waals surface area contributed by atoms with Crippen LogP contribution < -0.4 is 0 Å². The first-order valence-electron chi connectivity index (χ1n) is 4.93. The molecule has 0 amide bonds. The minimum atomic E-state index is -0.230. The predicted octanol–water partition coefficient (Wildman–Crippen LogP) is 3.50. The van der Waals surface area contributed by atoms with Crippen molar-refractivity contribution in [2.24, 2.45) is 0 Å². The zero-order valence-corrected chi connectivity index (χ0v) is 10.7. The van der Waals surface area contributed by atoms with Gasteiger partial charge in [-0.2, -0.15) is 0 Å². The van der Waals surface area contributed by atoms with E-state index in [1.807, 2.05) is 31.2 Å². The van der Waals surface area contributed by atoms with Gasteiger partial charge in [-0.3, -0.25) is 4.79 Å². The predicted molar refractivity (Wildman–Crippen MR) is 63.8 cm³/mol. The first-order valence-corrected chi connectivity index (χ1v) is 5.72.